The van der Waals surface area contributed by atoms with Crippen LogP contribution in [-0.2, 0) is 23.5 Å². The van der Waals surface area contributed by atoms with Gasteiger partial charge in [0.2, 0.25) is 0 Å². The van der Waals surface area contributed by atoms with Gasteiger partial charge in [-0.25, -0.2) is 4.79 Å². The number of hydrogen-bond donors (Lipinski definition) is 3. The summed E-state index contributed by atoms with van der Waals surface area (Å²) in [6, 6.07) is 15.9. The van der Waals surface area contributed by atoms with Crippen LogP contribution in [0.2, 0.25) is 0 Å². The van der Waals surface area contributed by atoms with Gasteiger partial charge < -0.3 is 10.6 Å². The fraction of sp³-hybridized carbons (Fsp3) is 0.133. The molecule has 122 valence electrons. The second-order valence-electron chi connectivity index (χ2n) is 4.96. The first kappa shape index (κ1) is 16.9. The Morgan fingerprint density at radius 3 is 1.61 bits per heavy atom. The summed E-state index contributed by atoms with van der Waals surface area (Å²) in [7, 11) is -4.67. The van der Waals surface area contributed by atoms with Crippen molar-refractivity contribution in [3.05, 3.63) is 59.7 Å². The van der Waals surface area contributed by atoms with Crippen molar-refractivity contribution in [3.8, 4) is 11.1 Å². The number of nitrogens with zero attached hydrogens (tertiary/aromatic N) is 1. The van der Waals surface area contributed by atoms with Gasteiger partial charge in [-0.1, -0.05) is 48.5 Å². The predicted octanol–water partition coefficient (Wildman–Crippen LogP) is 2.10. The number of hydrogen-bond acceptors (Lipinski definition) is 3. The van der Waals surface area contributed by atoms with Crippen LogP contribution in [-0.4, -0.2) is 28.5 Å². The zero-order chi connectivity index (χ0) is 17.0. The maximum Gasteiger partial charge on any atom is 0.394 e. The zero-order valence-electron chi connectivity index (χ0n) is 12.1. The molecule has 0 bridgehead atoms. The van der Waals surface area contributed by atoms with Crippen LogP contribution in [0.5, 0.6) is 0 Å². The quantitative estimate of drug-likeness (QED) is 0.636. The van der Waals surface area contributed by atoms with E-state index >= 15 is 0 Å². The summed E-state index contributed by atoms with van der Waals surface area (Å²) in [5, 5.41) is 0. The summed E-state index contributed by atoms with van der Waals surface area (Å²) >= 11 is 0. The molecule has 0 saturated heterocycles. The van der Waals surface area contributed by atoms with E-state index in [4.69, 9.17) is 23.3 Å². The van der Waals surface area contributed by atoms with Gasteiger partial charge in [-0.15, -0.1) is 0 Å². The van der Waals surface area contributed by atoms with Crippen LogP contribution in [0.1, 0.15) is 11.1 Å². The topological polar surface area (TPSA) is 121 Å². The first-order chi connectivity index (χ1) is 10.8. The second-order valence-corrected chi connectivity index (χ2v) is 5.85. The normalized spacial score (nSPS) is 13.0. The Morgan fingerprint density at radius 1 is 0.913 bits per heavy atom. The van der Waals surface area contributed by atoms with Crippen LogP contribution in [0.15, 0.2) is 48.5 Å². The van der Waals surface area contributed by atoms with Crippen molar-refractivity contribution in [1.29, 1.82) is 0 Å². The maximum absolute atomic E-state index is 11.5. The van der Waals surface area contributed by atoms with Crippen molar-refractivity contribution in [2.45, 2.75) is 13.1 Å². The molecule has 0 saturated carbocycles. The highest BCUT2D eigenvalue weighted by atomic mass is 32.3. The number of nitrogens with two attached hydrogens (primary N) is 1. The molecular weight excluding hydrogens is 320 g/mol. The van der Waals surface area contributed by atoms with E-state index < -0.39 is 10.4 Å². The van der Waals surface area contributed by atoms with E-state index in [9.17, 15) is 4.79 Å². The predicted molar refractivity (Wildman–Crippen MR) is 84.9 cm³/mol. The third kappa shape index (κ3) is 4.78. The Labute approximate surface area is 133 Å². The van der Waals surface area contributed by atoms with Crippen LogP contribution < -0.4 is 5.73 Å². The van der Waals surface area contributed by atoms with Gasteiger partial charge >= 0.3 is 16.4 Å². The van der Waals surface area contributed by atoms with Gasteiger partial charge in [0.05, 0.1) is 0 Å². The second kappa shape index (κ2) is 6.78. The molecule has 0 aliphatic carbocycles. The first-order valence-corrected chi connectivity index (χ1v) is 8.06. The highest BCUT2D eigenvalue weighted by molar-refractivity contribution is 7.79. The van der Waals surface area contributed by atoms with E-state index in [-0.39, 0.29) is 6.03 Å². The molecule has 1 aliphatic rings. The van der Waals surface area contributed by atoms with Crippen molar-refractivity contribution in [2.24, 2.45) is 5.73 Å². The Balaban J connectivity index is 0.000000338. The van der Waals surface area contributed by atoms with Gasteiger partial charge in [0.15, 0.2) is 0 Å². The van der Waals surface area contributed by atoms with Gasteiger partial charge in [-0.2, -0.15) is 8.42 Å². The number of urea groups is 1. The Kier molecular flexibility index (Phi) is 4.99. The monoisotopic (exact) mass is 336 g/mol. The fourth-order valence-electron chi connectivity index (χ4n) is 2.46. The molecular formula is C15H16N2O5S. The summed E-state index contributed by atoms with van der Waals surface area (Å²) in [4.78, 5) is 13.1. The van der Waals surface area contributed by atoms with E-state index in [0.29, 0.717) is 13.1 Å². The highest BCUT2D eigenvalue weighted by Gasteiger charge is 2.20. The molecule has 2 aromatic rings. The Hall–Kier alpha value is -2.42. The minimum absolute atomic E-state index is 0.374. The van der Waals surface area contributed by atoms with E-state index in [2.05, 4.69) is 12.1 Å². The van der Waals surface area contributed by atoms with Gasteiger partial charge in [0.25, 0.3) is 0 Å². The van der Waals surface area contributed by atoms with Gasteiger partial charge in [0, 0.05) is 13.1 Å². The zero-order valence-corrected chi connectivity index (χ0v) is 12.9. The van der Waals surface area contributed by atoms with Crippen molar-refractivity contribution in [3.63, 3.8) is 0 Å². The minimum Gasteiger partial charge on any atom is -0.351 e. The molecule has 3 rings (SSSR count). The van der Waals surface area contributed by atoms with Crippen LogP contribution in [0, 0.1) is 0 Å². The number of primary amides is 1. The SMILES string of the molecule is NC(=O)N1Cc2ccccc2-c2ccccc2C1.O=S(=O)(O)O. The molecule has 0 spiro atoms. The van der Waals surface area contributed by atoms with Gasteiger partial charge in [-0.3, -0.25) is 9.11 Å². The first-order valence-electron chi connectivity index (χ1n) is 6.66. The number of rotatable bonds is 0. The largest absolute Gasteiger partial charge is 0.394 e. The van der Waals surface area contributed by atoms with Gasteiger partial charge in [0.1, 0.15) is 0 Å². The minimum atomic E-state index is -4.67. The summed E-state index contributed by atoms with van der Waals surface area (Å²) in [6.45, 7) is 1.14. The fourth-order valence-corrected chi connectivity index (χ4v) is 2.46. The van der Waals surface area contributed by atoms with E-state index in [0.717, 1.165) is 11.1 Å². The number of carbonyl (C=O) groups is 1. The maximum atomic E-state index is 11.5. The Bertz CT molecular complexity index is 765. The molecule has 2 amide bonds. The molecule has 0 aromatic heterocycles. The molecule has 23 heavy (non-hydrogen) atoms. The molecule has 4 N–H and O–H groups in total. The molecule has 7 nitrogen and oxygen atoms in total. The number of amides is 2. The number of fused-ring (bicyclic) bond motifs is 3. The average Bonchev–Trinajstić information content (AvgIpc) is 2.62. The van der Waals surface area contributed by atoms with Gasteiger partial charge in [-0.05, 0) is 22.3 Å². The molecule has 0 unspecified atom stereocenters. The summed E-state index contributed by atoms with van der Waals surface area (Å²) in [5.74, 6) is 0. The Morgan fingerprint density at radius 2 is 1.26 bits per heavy atom. The lowest BCUT2D eigenvalue weighted by Gasteiger charge is -2.18. The van der Waals surface area contributed by atoms with E-state index in [1.165, 1.54) is 11.1 Å². The molecule has 0 radical (unpaired) electrons. The van der Waals surface area contributed by atoms with Crippen molar-refractivity contribution in [2.75, 3.05) is 0 Å². The molecule has 2 aromatic carbocycles. The van der Waals surface area contributed by atoms with Crippen LogP contribution in [0.25, 0.3) is 11.1 Å². The van der Waals surface area contributed by atoms with Crippen LogP contribution in [0.4, 0.5) is 4.79 Å². The third-order valence-corrected chi connectivity index (χ3v) is 3.36. The standard InChI is InChI=1S/C15H14N2O.H2O4S/c16-15(18)17-9-11-5-1-3-7-13(11)14-8-4-2-6-12(14)10-17;1-5(2,3)4/h1-8H,9-10H2,(H2,16,18);(H2,1,2,3,4). The van der Waals surface area contributed by atoms with E-state index in [1.807, 2.05) is 36.4 Å². The lowest BCUT2D eigenvalue weighted by atomic mass is 9.97. The third-order valence-electron chi connectivity index (χ3n) is 3.36. The van der Waals surface area contributed by atoms with Crippen LogP contribution >= 0.6 is 0 Å². The van der Waals surface area contributed by atoms with Crippen molar-refractivity contribution < 1.29 is 22.3 Å². The molecule has 1 heterocycles. The van der Waals surface area contributed by atoms with Crippen LogP contribution in [0.3, 0.4) is 0 Å². The summed E-state index contributed by atoms with van der Waals surface area (Å²) < 4.78 is 31.6. The molecule has 0 atom stereocenters. The lowest BCUT2D eigenvalue weighted by Crippen LogP contribution is -2.34. The van der Waals surface area contributed by atoms with Crippen molar-refractivity contribution in [1.82, 2.24) is 4.90 Å². The lowest BCUT2D eigenvalue weighted by molar-refractivity contribution is 0.203. The number of carbonyl (C=O) groups excluding carboxylic acids is 1. The number of benzene rings is 2. The van der Waals surface area contributed by atoms with Crippen molar-refractivity contribution >= 4 is 16.4 Å². The summed E-state index contributed by atoms with van der Waals surface area (Å²) in [5.41, 5.74) is 10.1. The molecule has 0 fully saturated rings. The average molecular weight is 336 g/mol. The molecule has 1 aliphatic heterocycles. The molecule has 8 heteroatoms. The van der Waals surface area contributed by atoms with E-state index in [1.54, 1.807) is 4.90 Å². The summed E-state index contributed by atoms with van der Waals surface area (Å²) in [6.07, 6.45) is 0. The smallest absolute Gasteiger partial charge is 0.351 e. The highest BCUT2D eigenvalue weighted by Crippen LogP contribution is 2.32.